The molecule has 0 spiro atoms. The standard InChI is InChI=1S/C20H12Cl2F3N9O/c1-19(20(23,24)25)9-32(12-8-27-15-5-13(21)31-34(15)16(12)19)18(35)30-11-4-10(6-26)17(28-7-11)33-14(22)2-3-29-33/h2-5,7-8H,9H2,1H3,(H,30,35)/t19-/m1/s1. The molecule has 1 N–H and O–H groups in total. The maximum atomic E-state index is 14.2. The maximum absolute atomic E-state index is 14.2. The zero-order valence-electron chi connectivity index (χ0n) is 17.5. The Hall–Kier alpha value is -3.89. The van der Waals surface area contributed by atoms with Crippen LogP contribution in [0.2, 0.25) is 10.3 Å². The SMILES string of the molecule is C[C@@]1(C(F)(F)F)CN(C(=O)Nc2cnc(-n3nccc3Cl)c(C#N)c2)c2cnc3cc(Cl)nn3c21. The number of nitriles is 1. The average Bonchev–Trinajstić information content (AvgIpc) is 3.48. The first kappa shape index (κ1) is 22.9. The van der Waals surface area contributed by atoms with E-state index < -0.39 is 24.2 Å². The predicted molar refractivity (Wildman–Crippen MR) is 119 cm³/mol. The number of nitrogens with one attached hydrogen (secondary N) is 1. The van der Waals surface area contributed by atoms with Gasteiger partial charge in [-0.15, -0.1) is 0 Å². The van der Waals surface area contributed by atoms with Gasteiger partial charge in [-0.25, -0.2) is 24.0 Å². The highest BCUT2D eigenvalue weighted by atomic mass is 35.5. The third-order valence-corrected chi connectivity index (χ3v) is 6.10. The van der Waals surface area contributed by atoms with Gasteiger partial charge in [0, 0.05) is 12.6 Å². The van der Waals surface area contributed by atoms with E-state index in [0.717, 1.165) is 16.3 Å². The molecule has 0 unspecified atom stereocenters. The number of pyridine rings is 1. The number of carbonyl (C=O) groups is 1. The Morgan fingerprint density at radius 2 is 2.03 bits per heavy atom. The van der Waals surface area contributed by atoms with Gasteiger partial charge in [-0.3, -0.25) is 4.90 Å². The van der Waals surface area contributed by atoms with E-state index in [4.69, 9.17) is 23.2 Å². The summed E-state index contributed by atoms with van der Waals surface area (Å²) in [4.78, 5) is 22.2. The third kappa shape index (κ3) is 3.53. The van der Waals surface area contributed by atoms with Gasteiger partial charge in [-0.05, 0) is 19.1 Å². The average molecular weight is 522 g/mol. The summed E-state index contributed by atoms with van der Waals surface area (Å²) in [5, 5.41) is 20.1. The van der Waals surface area contributed by atoms with Crippen molar-refractivity contribution < 1.29 is 18.0 Å². The van der Waals surface area contributed by atoms with Crippen molar-refractivity contribution in [3.05, 3.63) is 58.4 Å². The largest absolute Gasteiger partial charge is 0.401 e. The van der Waals surface area contributed by atoms with E-state index in [1.807, 2.05) is 6.07 Å². The minimum absolute atomic E-state index is 0.0323. The number of alkyl halides is 3. The summed E-state index contributed by atoms with van der Waals surface area (Å²) in [6, 6.07) is 5.19. The molecule has 178 valence electrons. The van der Waals surface area contributed by atoms with Gasteiger partial charge < -0.3 is 5.32 Å². The topological polar surface area (TPSA) is 117 Å². The van der Waals surface area contributed by atoms with Crippen LogP contribution in [0.5, 0.6) is 0 Å². The lowest BCUT2D eigenvalue weighted by molar-refractivity contribution is -0.181. The van der Waals surface area contributed by atoms with Crippen LogP contribution >= 0.6 is 23.2 Å². The van der Waals surface area contributed by atoms with Crippen LogP contribution in [0.15, 0.2) is 36.8 Å². The number of anilines is 2. The molecular weight excluding hydrogens is 510 g/mol. The Morgan fingerprint density at radius 1 is 1.26 bits per heavy atom. The van der Waals surface area contributed by atoms with Crippen LogP contribution in [0.4, 0.5) is 29.3 Å². The summed E-state index contributed by atoms with van der Waals surface area (Å²) >= 11 is 11.9. The predicted octanol–water partition coefficient (Wildman–Crippen LogP) is 4.36. The molecule has 0 fully saturated rings. The molecule has 0 aromatic carbocycles. The molecule has 0 saturated heterocycles. The highest BCUT2D eigenvalue weighted by molar-refractivity contribution is 6.30. The summed E-state index contributed by atoms with van der Waals surface area (Å²) in [6.45, 7) is 0.252. The molecule has 4 aromatic rings. The molecule has 2 amide bonds. The number of nitrogens with zero attached hydrogens (tertiary/aromatic N) is 8. The molecule has 0 saturated carbocycles. The molecule has 5 heterocycles. The van der Waals surface area contributed by atoms with Gasteiger partial charge in [-0.2, -0.15) is 28.6 Å². The van der Waals surface area contributed by atoms with Gasteiger partial charge in [0.15, 0.2) is 16.6 Å². The highest BCUT2D eigenvalue weighted by Gasteiger charge is 2.60. The van der Waals surface area contributed by atoms with E-state index in [0.29, 0.717) is 0 Å². The number of fused-ring (bicyclic) bond motifs is 3. The van der Waals surface area contributed by atoms with Crippen molar-refractivity contribution in [3.63, 3.8) is 0 Å². The molecule has 1 aliphatic rings. The quantitative estimate of drug-likeness (QED) is 0.418. The van der Waals surface area contributed by atoms with Crippen molar-refractivity contribution in [2.75, 3.05) is 16.8 Å². The Kier molecular flexibility index (Phi) is 5.11. The van der Waals surface area contributed by atoms with Crippen molar-refractivity contribution in [1.82, 2.24) is 29.4 Å². The second kappa shape index (κ2) is 7.82. The van der Waals surface area contributed by atoms with Gasteiger partial charge in [-0.1, -0.05) is 23.2 Å². The van der Waals surface area contributed by atoms with E-state index >= 15 is 0 Å². The Balaban J connectivity index is 1.52. The molecule has 35 heavy (non-hydrogen) atoms. The van der Waals surface area contributed by atoms with Crippen molar-refractivity contribution >= 4 is 46.3 Å². The normalized spacial score (nSPS) is 17.5. The summed E-state index contributed by atoms with van der Waals surface area (Å²) in [5.74, 6) is 0.124. The van der Waals surface area contributed by atoms with Crippen LogP contribution in [-0.4, -0.2) is 48.1 Å². The van der Waals surface area contributed by atoms with Gasteiger partial charge in [0.1, 0.15) is 16.6 Å². The Bertz CT molecular complexity index is 1540. The first-order valence-corrected chi connectivity index (χ1v) is 10.6. The number of halogens is 5. The number of aromatic nitrogens is 6. The van der Waals surface area contributed by atoms with Crippen LogP contribution in [0.25, 0.3) is 11.5 Å². The summed E-state index contributed by atoms with van der Waals surface area (Å²) in [5.41, 5.74) is -2.57. The number of hydrogen-bond acceptors (Lipinski definition) is 6. The fourth-order valence-electron chi connectivity index (χ4n) is 3.90. The van der Waals surface area contributed by atoms with E-state index in [2.05, 4.69) is 25.5 Å². The lowest BCUT2D eigenvalue weighted by Gasteiger charge is -2.28. The molecule has 0 bridgehead atoms. The fraction of sp³-hybridized carbons (Fsp3) is 0.200. The van der Waals surface area contributed by atoms with Gasteiger partial charge >= 0.3 is 12.2 Å². The summed E-state index contributed by atoms with van der Waals surface area (Å²) in [7, 11) is 0. The molecule has 10 nitrogen and oxygen atoms in total. The second-order valence-corrected chi connectivity index (χ2v) is 8.62. The lowest BCUT2D eigenvalue weighted by Crippen LogP contribution is -2.46. The van der Waals surface area contributed by atoms with E-state index in [1.165, 1.54) is 41.5 Å². The van der Waals surface area contributed by atoms with Gasteiger partial charge in [0.05, 0.1) is 41.2 Å². The smallest absolute Gasteiger partial charge is 0.306 e. The molecule has 0 aliphatic carbocycles. The summed E-state index contributed by atoms with van der Waals surface area (Å²) < 4.78 is 44.9. The number of amides is 2. The van der Waals surface area contributed by atoms with Crippen LogP contribution in [0.3, 0.4) is 0 Å². The van der Waals surface area contributed by atoms with Crippen LogP contribution in [0, 0.1) is 11.3 Å². The van der Waals surface area contributed by atoms with Crippen molar-refractivity contribution in [2.24, 2.45) is 0 Å². The van der Waals surface area contributed by atoms with Gasteiger partial charge in [0.25, 0.3) is 0 Å². The maximum Gasteiger partial charge on any atom is 0.401 e. The number of hydrogen-bond donors (Lipinski definition) is 1. The van der Waals surface area contributed by atoms with E-state index in [-0.39, 0.29) is 44.4 Å². The molecule has 15 heteroatoms. The monoisotopic (exact) mass is 521 g/mol. The first-order chi connectivity index (χ1) is 16.5. The van der Waals surface area contributed by atoms with Crippen molar-refractivity contribution in [1.29, 1.82) is 5.26 Å². The molecule has 0 radical (unpaired) electrons. The summed E-state index contributed by atoms with van der Waals surface area (Å²) in [6.07, 6.45) is -0.896. The van der Waals surface area contributed by atoms with Crippen molar-refractivity contribution in [2.45, 2.75) is 18.5 Å². The van der Waals surface area contributed by atoms with Crippen LogP contribution in [-0.2, 0) is 5.41 Å². The Morgan fingerprint density at radius 3 is 2.69 bits per heavy atom. The Labute approximate surface area is 204 Å². The number of carbonyl (C=O) groups excluding carboxylic acids is 1. The minimum atomic E-state index is -4.72. The van der Waals surface area contributed by atoms with Crippen LogP contribution in [0.1, 0.15) is 18.2 Å². The number of urea groups is 1. The molecule has 1 atom stereocenters. The third-order valence-electron chi connectivity index (χ3n) is 5.63. The van der Waals surface area contributed by atoms with E-state index in [9.17, 15) is 23.2 Å². The second-order valence-electron chi connectivity index (χ2n) is 7.85. The fourth-order valence-corrected chi connectivity index (χ4v) is 4.26. The zero-order chi connectivity index (χ0) is 25.1. The lowest BCUT2D eigenvalue weighted by atomic mass is 9.88. The zero-order valence-corrected chi connectivity index (χ0v) is 19.1. The van der Waals surface area contributed by atoms with Crippen molar-refractivity contribution in [3.8, 4) is 11.9 Å². The molecular formula is C20H12Cl2F3N9O. The molecule has 1 aliphatic heterocycles. The number of rotatable bonds is 2. The van der Waals surface area contributed by atoms with E-state index in [1.54, 1.807) is 0 Å². The van der Waals surface area contributed by atoms with Crippen LogP contribution < -0.4 is 10.2 Å². The first-order valence-electron chi connectivity index (χ1n) is 9.83. The highest BCUT2D eigenvalue weighted by Crippen LogP contribution is 2.50. The molecule has 4 aromatic heterocycles. The molecule has 5 rings (SSSR count). The van der Waals surface area contributed by atoms with Gasteiger partial charge in [0.2, 0.25) is 0 Å². The minimum Gasteiger partial charge on any atom is -0.306 e.